The monoisotopic (exact) mass is 245 g/mol. The second kappa shape index (κ2) is 9.39. The van der Waals surface area contributed by atoms with Crippen molar-refractivity contribution in [1.29, 1.82) is 0 Å². The first kappa shape index (κ1) is 15.2. The van der Waals surface area contributed by atoms with E-state index in [1.165, 1.54) is 0 Å². The molecule has 0 fully saturated rings. The molecule has 1 amide bonds. The summed E-state index contributed by atoms with van der Waals surface area (Å²) in [5.41, 5.74) is 0. The average molecular weight is 245 g/mol. The summed E-state index contributed by atoms with van der Waals surface area (Å²) in [6.45, 7) is 8.70. The van der Waals surface area contributed by atoms with Crippen molar-refractivity contribution in [2.45, 2.75) is 33.6 Å². The molecule has 5 heteroatoms. The van der Waals surface area contributed by atoms with Gasteiger partial charge in [0.25, 0.3) is 0 Å². The van der Waals surface area contributed by atoms with Crippen LogP contribution >= 0.6 is 12.2 Å². The van der Waals surface area contributed by atoms with Gasteiger partial charge in [-0.1, -0.05) is 13.3 Å². The fraction of sp³-hybridized carbons (Fsp3) is 0.818. The van der Waals surface area contributed by atoms with Gasteiger partial charge in [-0.3, -0.25) is 4.79 Å². The zero-order chi connectivity index (χ0) is 12.4. The summed E-state index contributed by atoms with van der Waals surface area (Å²) in [6.07, 6.45) is 2.22. The van der Waals surface area contributed by atoms with Crippen LogP contribution in [0.4, 0.5) is 0 Å². The molecule has 0 aromatic carbocycles. The molecule has 0 saturated carbocycles. The van der Waals surface area contributed by atoms with E-state index in [4.69, 9.17) is 12.2 Å². The summed E-state index contributed by atoms with van der Waals surface area (Å²) in [7, 11) is 0. The largest absolute Gasteiger partial charge is 0.363 e. The molecule has 0 spiro atoms. The van der Waals surface area contributed by atoms with Crippen molar-refractivity contribution in [2.24, 2.45) is 0 Å². The van der Waals surface area contributed by atoms with E-state index in [9.17, 15) is 4.79 Å². The Morgan fingerprint density at radius 1 is 1.19 bits per heavy atom. The number of nitrogens with zero attached hydrogens (tertiary/aromatic N) is 1. The minimum Gasteiger partial charge on any atom is -0.363 e. The summed E-state index contributed by atoms with van der Waals surface area (Å²) in [5, 5.41) is 6.55. The van der Waals surface area contributed by atoms with E-state index in [0.717, 1.165) is 32.5 Å². The standard InChI is InChI=1S/C11H23N3OS/c1-4-7-8-12-11(16)13-9-10(15)14(5-2)6-3/h4-9H2,1-3H3,(H2,12,13,16). The fourth-order valence-corrected chi connectivity index (χ4v) is 1.46. The molecule has 0 radical (unpaired) electrons. The quantitative estimate of drug-likeness (QED) is 0.521. The van der Waals surface area contributed by atoms with Gasteiger partial charge in [0.1, 0.15) is 0 Å². The highest BCUT2D eigenvalue weighted by atomic mass is 32.1. The van der Waals surface area contributed by atoms with E-state index >= 15 is 0 Å². The number of unbranched alkanes of at least 4 members (excludes halogenated alkanes) is 1. The predicted molar refractivity (Wildman–Crippen MR) is 71.4 cm³/mol. The second-order valence-electron chi connectivity index (χ2n) is 3.53. The first-order valence-electron chi connectivity index (χ1n) is 5.95. The van der Waals surface area contributed by atoms with Crippen molar-refractivity contribution in [2.75, 3.05) is 26.2 Å². The molecule has 0 aliphatic heterocycles. The summed E-state index contributed by atoms with van der Waals surface area (Å²) in [5.74, 6) is 0.0876. The van der Waals surface area contributed by atoms with Crippen LogP contribution in [-0.4, -0.2) is 42.1 Å². The molecule has 0 rings (SSSR count). The van der Waals surface area contributed by atoms with Crippen molar-refractivity contribution < 1.29 is 4.79 Å². The van der Waals surface area contributed by atoms with Gasteiger partial charge in [-0.25, -0.2) is 0 Å². The van der Waals surface area contributed by atoms with Crippen LogP contribution in [0.3, 0.4) is 0 Å². The number of nitrogens with one attached hydrogen (secondary N) is 2. The molecule has 0 heterocycles. The Balaban J connectivity index is 3.70. The second-order valence-corrected chi connectivity index (χ2v) is 3.94. The Morgan fingerprint density at radius 2 is 1.81 bits per heavy atom. The topological polar surface area (TPSA) is 44.4 Å². The molecule has 0 aliphatic rings. The number of carbonyl (C=O) groups is 1. The lowest BCUT2D eigenvalue weighted by atomic mass is 10.3. The van der Waals surface area contributed by atoms with Gasteiger partial charge in [-0.15, -0.1) is 0 Å². The minimum atomic E-state index is 0.0876. The summed E-state index contributed by atoms with van der Waals surface area (Å²) >= 11 is 5.05. The van der Waals surface area contributed by atoms with Crippen molar-refractivity contribution in [3.05, 3.63) is 0 Å². The van der Waals surface area contributed by atoms with E-state index in [1.54, 1.807) is 4.90 Å². The number of rotatable bonds is 7. The zero-order valence-electron chi connectivity index (χ0n) is 10.5. The Kier molecular flexibility index (Phi) is 8.90. The number of hydrogen-bond donors (Lipinski definition) is 2. The third kappa shape index (κ3) is 6.61. The van der Waals surface area contributed by atoms with Crippen molar-refractivity contribution >= 4 is 23.2 Å². The normalized spacial score (nSPS) is 9.69. The van der Waals surface area contributed by atoms with Crippen molar-refractivity contribution in [3.63, 3.8) is 0 Å². The van der Waals surface area contributed by atoms with Crippen LogP contribution in [0.5, 0.6) is 0 Å². The summed E-state index contributed by atoms with van der Waals surface area (Å²) in [4.78, 5) is 13.4. The molecule has 0 aliphatic carbocycles. The number of thiocarbonyl (C=S) groups is 1. The number of amides is 1. The van der Waals surface area contributed by atoms with Crippen LogP contribution in [0.2, 0.25) is 0 Å². The SMILES string of the molecule is CCCCNC(=S)NCC(=O)N(CC)CC. The Morgan fingerprint density at radius 3 is 2.31 bits per heavy atom. The molecule has 0 unspecified atom stereocenters. The molecule has 0 saturated heterocycles. The Bertz CT molecular complexity index is 217. The molecule has 4 nitrogen and oxygen atoms in total. The first-order chi connectivity index (χ1) is 7.65. The average Bonchev–Trinajstić information content (AvgIpc) is 2.28. The van der Waals surface area contributed by atoms with Gasteiger partial charge in [-0.05, 0) is 32.5 Å². The van der Waals surface area contributed by atoms with Gasteiger partial charge in [0.15, 0.2) is 5.11 Å². The zero-order valence-corrected chi connectivity index (χ0v) is 11.3. The van der Waals surface area contributed by atoms with Gasteiger partial charge < -0.3 is 15.5 Å². The highest BCUT2D eigenvalue weighted by molar-refractivity contribution is 7.80. The van der Waals surface area contributed by atoms with Crippen molar-refractivity contribution in [1.82, 2.24) is 15.5 Å². The van der Waals surface area contributed by atoms with Crippen LogP contribution in [0.1, 0.15) is 33.6 Å². The number of hydrogen-bond acceptors (Lipinski definition) is 2. The maximum absolute atomic E-state index is 11.6. The van der Waals surface area contributed by atoms with E-state index in [0.29, 0.717) is 5.11 Å². The molecule has 0 atom stereocenters. The molecule has 16 heavy (non-hydrogen) atoms. The molecular weight excluding hydrogens is 222 g/mol. The first-order valence-corrected chi connectivity index (χ1v) is 6.35. The fourth-order valence-electron chi connectivity index (χ4n) is 1.29. The molecule has 0 bridgehead atoms. The summed E-state index contributed by atoms with van der Waals surface area (Å²) in [6, 6.07) is 0. The van der Waals surface area contributed by atoms with Crippen molar-refractivity contribution in [3.8, 4) is 0 Å². The van der Waals surface area contributed by atoms with E-state index < -0.39 is 0 Å². The lowest BCUT2D eigenvalue weighted by Crippen LogP contribution is -2.43. The molecule has 94 valence electrons. The molecular formula is C11H23N3OS. The van der Waals surface area contributed by atoms with Gasteiger partial charge in [0.05, 0.1) is 6.54 Å². The minimum absolute atomic E-state index is 0.0876. The predicted octanol–water partition coefficient (Wildman–Crippen LogP) is 1.12. The van der Waals surface area contributed by atoms with E-state index in [1.807, 2.05) is 13.8 Å². The number of carbonyl (C=O) groups excluding carboxylic acids is 1. The van der Waals surface area contributed by atoms with Crippen LogP contribution in [0, 0.1) is 0 Å². The Labute approximate surface area is 104 Å². The smallest absolute Gasteiger partial charge is 0.241 e. The third-order valence-electron chi connectivity index (χ3n) is 2.33. The van der Waals surface area contributed by atoms with Gasteiger partial charge in [0, 0.05) is 19.6 Å². The van der Waals surface area contributed by atoms with Gasteiger partial charge in [-0.2, -0.15) is 0 Å². The van der Waals surface area contributed by atoms with Crippen LogP contribution in [0.25, 0.3) is 0 Å². The van der Waals surface area contributed by atoms with Crippen LogP contribution < -0.4 is 10.6 Å². The maximum atomic E-state index is 11.6. The van der Waals surface area contributed by atoms with Gasteiger partial charge in [0.2, 0.25) is 5.91 Å². The highest BCUT2D eigenvalue weighted by Crippen LogP contribution is 1.87. The molecule has 2 N–H and O–H groups in total. The highest BCUT2D eigenvalue weighted by Gasteiger charge is 2.08. The lowest BCUT2D eigenvalue weighted by molar-refractivity contribution is -0.129. The number of likely N-dealkylation sites (N-methyl/N-ethyl adjacent to an activating group) is 1. The van der Waals surface area contributed by atoms with Gasteiger partial charge >= 0.3 is 0 Å². The van der Waals surface area contributed by atoms with E-state index in [-0.39, 0.29) is 12.5 Å². The molecule has 0 aromatic rings. The van der Waals surface area contributed by atoms with Crippen LogP contribution in [0.15, 0.2) is 0 Å². The van der Waals surface area contributed by atoms with E-state index in [2.05, 4.69) is 17.6 Å². The molecule has 0 aromatic heterocycles. The third-order valence-corrected chi connectivity index (χ3v) is 2.62. The lowest BCUT2D eigenvalue weighted by Gasteiger charge is -2.19. The maximum Gasteiger partial charge on any atom is 0.241 e. The summed E-state index contributed by atoms with van der Waals surface area (Å²) < 4.78 is 0. The Hall–Kier alpha value is -0.840. The van der Waals surface area contributed by atoms with Crippen LogP contribution in [-0.2, 0) is 4.79 Å².